The number of benzene rings is 4. The number of nitrogens with zero attached hydrogens (tertiary/aromatic N) is 6. The van der Waals surface area contributed by atoms with Crippen molar-refractivity contribution < 1.29 is 75.5 Å². The van der Waals surface area contributed by atoms with Crippen LogP contribution in [0.3, 0.4) is 0 Å². The number of hydroxylamine groups is 1. The van der Waals surface area contributed by atoms with Crippen LogP contribution >= 0.6 is 0 Å². The summed E-state index contributed by atoms with van der Waals surface area (Å²) in [5.74, 6) is 2.20. The first kappa shape index (κ1) is 54.2. The van der Waals surface area contributed by atoms with Crippen molar-refractivity contribution in [3.63, 3.8) is 0 Å². The van der Waals surface area contributed by atoms with Crippen molar-refractivity contribution in [2.75, 3.05) is 85.8 Å². The number of aryl methyl sites for hydroxylation is 4. The van der Waals surface area contributed by atoms with Gasteiger partial charge in [0.1, 0.15) is 44.1 Å². The molecule has 4 aromatic rings. The van der Waals surface area contributed by atoms with E-state index < -0.39 is 0 Å². The van der Waals surface area contributed by atoms with Crippen LogP contribution in [-0.4, -0.2) is 152 Å². The zero-order valence-electron chi connectivity index (χ0n) is 40.0. The molecule has 68 heavy (non-hydrogen) atoms. The largest absolute Gasteiger partial charge is 0.651 e. The van der Waals surface area contributed by atoms with Crippen LogP contribution < -0.4 is 30.2 Å². The Morgan fingerprint density at radius 3 is 1.38 bits per heavy atom. The number of ether oxygens (including phenoxy) is 3. The molecule has 0 bridgehead atoms. The van der Waals surface area contributed by atoms with Gasteiger partial charge in [0.2, 0.25) is 5.69 Å². The normalized spacial score (nSPS) is 14.5. The van der Waals surface area contributed by atoms with Crippen LogP contribution in [0.5, 0.6) is 17.2 Å². The van der Waals surface area contributed by atoms with E-state index in [0.717, 1.165) is 65.5 Å². The van der Waals surface area contributed by atoms with Gasteiger partial charge in [0.05, 0.1) is 25.3 Å². The Morgan fingerprint density at radius 1 is 0.588 bits per heavy atom. The van der Waals surface area contributed by atoms with E-state index in [1.165, 1.54) is 7.05 Å². The summed E-state index contributed by atoms with van der Waals surface area (Å²) < 4.78 is 19.3. The monoisotopic (exact) mass is 1010 g/mol. The molecule has 0 atom stereocenters. The summed E-state index contributed by atoms with van der Waals surface area (Å²) in [6, 6.07) is 19.5. The zero-order valence-corrected chi connectivity index (χ0v) is 42.8. The molecule has 0 saturated carbocycles. The summed E-state index contributed by atoms with van der Waals surface area (Å²) in [6.07, 6.45) is 3.16. The minimum Gasteiger partial charge on any atom is -0.651 e. The number of rotatable bonds is 16. The van der Waals surface area contributed by atoms with Crippen molar-refractivity contribution in [3.05, 3.63) is 127 Å². The molecule has 3 N–H and O–H groups in total. The molecular formula is C49H62N9O9Y-. The summed E-state index contributed by atoms with van der Waals surface area (Å²) in [5, 5.41) is 42.9. The second-order valence-corrected chi connectivity index (χ2v) is 16.2. The fourth-order valence-corrected chi connectivity index (χ4v) is 7.81. The molecule has 3 aliphatic rings. The average molecular weight is 1010 g/mol. The predicted octanol–water partition coefficient (Wildman–Crippen LogP) is 5.66. The maximum atomic E-state index is 12.5. The van der Waals surface area contributed by atoms with Gasteiger partial charge in [-0.1, -0.05) is 42.5 Å². The van der Waals surface area contributed by atoms with Gasteiger partial charge in [0.15, 0.2) is 12.4 Å². The van der Waals surface area contributed by atoms with Gasteiger partial charge in [-0.05, 0) is 75.9 Å². The van der Waals surface area contributed by atoms with E-state index in [2.05, 4.69) is 16.0 Å². The molecule has 0 aliphatic carbocycles. The first-order valence-corrected chi connectivity index (χ1v) is 22.2. The summed E-state index contributed by atoms with van der Waals surface area (Å²) >= 11 is 0. The number of nitrogens with one attached hydrogen (secondary N) is 3. The van der Waals surface area contributed by atoms with Crippen molar-refractivity contribution in [2.45, 2.75) is 41.5 Å². The third kappa shape index (κ3) is 15.3. The third-order valence-electron chi connectivity index (χ3n) is 11.3. The molecule has 0 spiro atoms. The first-order chi connectivity index (χ1) is 32.0. The number of carbonyl (C=O) groups excluding carboxylic acids is 3. The SMILES string of the molecule is Cc1cc(C)c(OCCN2CCNC2=O)c(C)c1C=[N+](C)[O-].Cc1cc(C)c(OCCN2CCNC2=O)c(C)c1C=[N+]([O-])c1ccccc1.[CH-]=[N+]([O-])c1ccc(OCCN2CCNC2=O)cc1.[Y]. The average Bonchev–Trinajstić information content (AvgIpc) is 4.04. The van der Waals surface area contributed by atoms with Gasteiger partial charge >= 0.3 is 18.1 Å². The summed E-state index contributed by atoms with van der Waals surface area (Å²) in [5.41, 5.74) is 8.68. The zero-order chi connectivity index (χ0) is 48.6. The van der Waals surface area contributed by atoms with E-state index in [-0.39, 0.29) is 50.8 Å². The second-order valence-electron chi connectivity index (χ2n) is 16.2. The van der Waals surface area contributed by atoms with Crippen molar-refractivity contribution in [1.82, 2.24) is 30.7 Å². The van der Waals surface area contributed by atoms with Gasteiger partial charge in [0, 0.05) is 113 Å². The number of para-hydroxylation sites is 1. The molecule has 6 amide bonds. The molecule has 7 rings (SSSR count). The predicted molar refractivity (Wildman–Crippen MR) is 258 cm³/mol. The molecule has 3 saturated heterocycles. The smallest absolute Gasteiger partial charge is 0.317 e. The summed E-state index contributed by atoms with van der Waals surface area (Å²) in [4.78, 5) is 39.5. The molecule has 3 heterocycles. The Kier molecular flexibility index (Phi) is 20.9. The topological polar surface area (TPSA) is 203 Å². The van der Waals surface area contributed by atoms with Crippen molar-refractivity contribution >= 4 is 48.6 Å². The van der Waals surface area contributed by atoms with E-state index in [9.17, 15) is 30.0 Å². The van der Waals surface area contributed by atoms with Gasteiger partial charge in [-0.15, -0.1) is 0 Å². The third-order valence-corrected chi connectivity index (χ3v) is 11.3. The molecule has 3 fully saturated rings. The van der Waals surface area contributed by atoms with Crippen molar-refractivity contribution in [2.24, 2.45) is 0 Å². The molecule has 4 aromatic carbocycles. The number of amides is 6. The van der Waals surface area contributed by atoms with Gasteiger partial charge in [0.25, 0.3) is 0 Å². The maximum absolute atomic E-state index is 12.5. The summed E-state index contributed by atoms with van der Waals surface area (Å²) in [7, 11) is 1.46. The molecule has 0 aromatic heterocycles. The second kappa shape index (κ2) is 26.2. The minimum absolute atomic E-state index is 0. The Balaban J connectivity index is 0.000000225. The molecular weight excluding hydrogens is 947 g/mol. The van der Waals surface area contributed by atoms with E-state index in [0.29, 0.717) is 101 Å². The van der Waals surface area contributed by atoms with Crippen molar-refractivity contribution in [1.29, 1.82) is 0 Å². The fraction of sp³-hybridized carbons (Fsp3) is 0.388. The van der Waals surface area contributed by atoms with Crippen molar-refractivity contribution in [3.8, 4) is 17.2 Å². The van der Waals surface area contributed by atoms with Crippen LogP contribution in [-0.2, 0) is 32.7 Å². The summed E-state index contributed by atoms with van der Waals surface area (Å²) in [6.45, 7) is 24.0. The fourth-order valence-electron chi connectivity index (χ4n) is 7.81. The quantitative estimate of drug-likeness (QED) is 0.0416. The van der Waals surface area contributed by atoms with Crippen LogP contribution in [0, 0.1) is 57.2 Å². The number of hydrogen-bond acceptors (Lipinski definition) is 9. The molecule has 1 radical (unpaired) electrons. The van der Waals surface area contributed by atoms with Crippen LogP contribution in [0.15, 0.2) is 66.7 Å². The molecule has 19 heteroatoms. The van der Waals surface area contributed by atoms with Gasteiger partial charge in [-0.2, -0.15) is 4.74 Å². The number of hydrogen-bond donors (Lipinski definition) is 3. The Hall–Kier alpha value is -6.40. The minimum atomic E-state index is -0.0564. The standard InChI is InChI=1S/C21H25N3O3.C16H23N3O3.C12H14N3O3.Y/c1-15-13-16(2)20(27-12-11-23-10-9-22-21(23)25)17(3)19(15)14-24(26)18-7-5-4-6-8-18;1-11-9-12(2)15(13(3)14(11)10-18(4)21)22-8-7-19-6-5-17-16(19)20;1-14(17)10-2-4-11(5-3-10)18-9-8-15-7-6-13-12(15)16;/h4-8,13-14H,9-12H2,1-3H3,(H,22,25);9-10H,5-8H2,1-4H3,(H,17,20);1-5H,6-9H2,(H,13,16);/q;;-1;. The number of carbonyl (C=O) groups is 3. The Labute approximate surface area is 423 Å². The van der Waals surface area contributed by atoms with Crippen LogP contribution in [0.2, 0.25) is 0 Å². The van der Waals surface area contributed by atoms with Crippen LogP contribution in [0.25, 0.3) is 0 Å². The Morgan fingerprint density at radius 2 is 1.00 bits per heavy atom. The van der Waals surface area contributed by atoms with Crippen LogP contribution in [0.1, 0.15) is 44.5 Å². The van der Waals surface area contributed by atoms with Gasteiger partial charge in [-0.3, -0.25) is 0 Å². The Bertz CT molecular complexity index is 2450. The maximum Gasteiger partial charge on any atom is 0.317 e. The molecule has 18 nitrogen and oxygen atoms in total. The van der Waals surface area contributed by atoms with Gasteiger partial charge < -0.3 is 65.2 Å². The molecule has 361 valence electrons. The van der Waals surface area contributed by atoms with Crippen LogP contribution in [0.4, 0.5) is 25.8 Å². The van der Waals surface area contributed by atoms with E-state index in [1.807, 2.05) is 71.9 Å². The number of urea groups is 3. The molecule has 0 unspecified atom stereocenters. The van der Waals surface area contributed by atoms with E-state index in [4.69, 9.17) is 20.9 Å². The van der Waals surface area contributed by atoms with Gasteiger partial charge in [-0.25, -0.2) is 19.1 Å². The molecule has 3 aliphatic heterocycles. The van der Waals surface area contributed by atoms with E-state index in [1.54, 1.807) is 63.5 Å². The van der Waals surface area contributed by atoms with E-state index >= 15 is 0 Å². The first-order valence-electron chi connectivity index (χ1n) is 22.2.